The van der Waals surface area contributed by atoms with Gasteiger partial charge in [-0.1, -0.05) is 18.2 Å². The Hall–Kier alpha value is -1.73. The Morgan fingerprint density at radius 2 is 2.30 bits per heavy atom. The molecule has 0 saturated carbocycles. The zero-order valence-electron chi connectivity index (χ0n) is 11.5. The minimum atomic E-state index is -0.180. The summed E-state index contributed by atoms with van der Waals surface area (Å²) in [5.74, 6) is -0.180. The van der Waals surface area contributed by atoms with Crippen LogP contribution in [0.15, 0.2) is 23.7 Å². The van der Waals surface area contributed by atoms with E-state index < -0.39 is 0 Å². The van der Waals surface area contributed by atoms with Gasteiger partial charge in [-0.2, -0.15) is 0 Å². The van der Waals surface area contributed by atoms with Crippen molar-refractivity contribution in [3.05, 3.63) is 34.3 Å². The van der Waals surface area contributed by atoms with E-state index in [1.54, 1.807) is 22.2 Å². The van der Waals surface area contributed by atoms with Gasteiger partial charge in [0.05, 0.1) is 12.7 Å². The van der Waals surface area contributed by atoms with Gasteiger partial charge >= 0.3 is 0 Å². The Morgan fingerprint density at radius 1 is 1.40 bits per heavy atom. The van der Waals surface area contributed by atoms with Crippen molar-refractivity contribution in [2.45, 2.75) is 19.9 Å². The van der Waals surface area contributed by atoms with E-state index in [1.165, 1.54) is 4.88 Å². The predicted octanol–water partition coefficient (Wildman–Crippen LogP) is 1.12. The Balaban J connectivity index is 1.77. The van der Waals surface area contributed by atoms with Gasteiger partial charge in [0.2, 0.25) is 0 Å². The Labute approximate surface area is 122 Å². The van der Waals surface area contributed by atoms with Gasteiger partial charge < -0.3 is 10.6 Å². The molecule has 2 aromatic rings. The minimum absolute atomic E-state index is 0.180. The summed E-state index contributed by atoms with van der Waals surface area (Å²) in [4.78, 5) is 13.0. The first-order chi connectivity index (χ1) is 9.79. The minimum Gasteiger partial charge on any atom is -0.349 e. The predicted molar refractivity (Wildman–Crippen MR) is 78.9 cm³/mol. The molecule has 0 aromatic carbocycles. The van der Waals surface area contributed by atoms with E-state index in [0.717, 1.165) is 19.5 Å². The van der Waals surface area contributed by atoms with Gasteiger partial charge in [0.25, 0.3) is 5.91 Å². The molecule has 7 heteroatoms. The average molecular weight is 293 g/mol. The molecule has 108 valence electrons. The highest BCUT2D eigenvalue weighted by Gasteiger charge is 2.10. The van der Waals surface area contributed by atoms with Crippen LogP contribution in [0.5, 0.6) is 0 Å². The second-order valence-electron chi connectivity index (χ2n) is 4.39. The van der Waals surface area contributed by atoms with E-state index in [1.807, 2.05) is 17.5 Å². The molecule has 0 bridgehead atoms. The molecular formula is C13H19N5OS. The summed E-state index contributed by atoms with van der Waals surface area (Å²) < 4.78 is 1.68. The van der Waals surface area contributed by atoms with Crippen LogP contribution in [0.1, 0.15) is 28.7 Å². The SMILES string of the molecule is CCCNCCNC(=O)c1cn(Cc2cccs2)nn1. The fourth-order valence-corrected chi connectivity index (χ4v) is 2.39. The topological polar surface area (TPSA) is 71.8 Å². The summed E-state index contributed by atoms with van der Waals surface area (Å²) in [7, 11) is 0. The quantitative estimate of drug-likeness (QED) is 0.715. The maximum atomic E-state index is 11.8. The number of thiophene rings is 1. The van der Waals surface area contributed by atoms with Gasteiger partial charge in [-0.05, 0) is 24.4 Å². The van der Waals surface area contributed by atoms with Crippen LogP contribution in [0, 0.1) is 0 Å². The highest BCUT2D eigenvalue weighted by atomic mass is 32.1. The molecule has 6 nitrogen and oxygen atoms in total. The molecule has 1 amide bonds. The summed E-state index contributed by atoms with van der Waals surface area (Å²) >= 11 is 1.66. The van der Waals surface area contributed by atoms with Gasteiger partial charge in [-0.3, -0.25) is 4.79 Å². The van der Waals surface area contributed by atoms with Crippen molar-refractivity contribution in [2.24, 2.45) is 0 Å². The zero-order valence-corrected chi connectivity index (χ0v) is 12.3. The molecule has 0 saturated heterocycles. The summed E-state index contributed by atoms with van der Waals surface area (Å²) in [6.45, 7) is 5.08. The zero-order chi connectivity index (χ0) is 14.2. The molecule has 0 radical (unpaired) electrons. The molecule has 2 N–H and O–H groups in total. The maximum absolute atomic E-state index is 11.8. The third-order valence-electron chi connectivity index (χ3n) is 2.68. The summed E-state index contributed by atoms with van der Waals surface area (Å²) in [5.41, 5.74) is 0.358. The molecule has 0 fully saturated rings. The molecule has 0 aliphatic heterocycles. The Morgan fingerprint density at radius 3 is 3.05 bits per heavy atom. The van der Waals surface area contributed by atoms with Gasteiger partial charge in [-0.15, -0.1) is 16.4 Å². The van der Waals surface area contributed by atoms with Crippen LogP contribution in [-0.4, -0.2) is 40.5 Å². The highest BCUT2D eigenvalue weighted by molar-refractivity contribution is 7.09. The third-order valence-corrected chi connectivity index (χ3v) is 3.54. The molecule has 0 atom stereocenters. The molecule has 0 unspecified atom stereocenters. The van der Waals surface area contributed by atoms with Crippen LogP contribution in [0.25, 0.3) is 0 Å². The van der Waals surface area contributed by atoms with Crippen LogP contribution in [-0.2, 0) is 6.54 Å². The molecule has 0 aliphatic carbocycles. The van der Waals surface area contributed by atoms with Gasteiger partial charge in [0.15, 0.2) is 5.69 Å². The van der Waals surface area contributed by atoms with Crippen molar-refractivity contribution >= 4 is 17.2 Å². The fourth-order valence-electron chi connectivity index (χ4n) is 1.70. The van der Waals surface area contributed by atoms with Crippen molar-refractivity contribution in [2.75, 3.05) is 19.6 Å². The molecule has 2 rings (SSSR count). The largest absolute Gasteiger partial charge is 0.349 e. The Kier molecular flexibility index (Phi) is 5.69. The third kappa shape index (κ3) is 4.43. The van der Waals surface area contributed by atoms with E-state index in [9.17, 15) is 4.79 Å². The number of hydrogen-bond donors (Lipinski definition) is 2. The fraction of sp³-hybridized carbons (Fsp3) is 0.462. The van der Waals surface area contributed by atoms with Gasteiger partial charge in [-0.25, -0.2) is 4.68 Å². The van der Waals surface area contributed by atoms with Crippen LogP contribution < -0.4 is 10.6 Å². The number of hydrogen-bond acceptors (Lipinski definition) is 5. The molecule has 0 aliphatic rings. The van der Waals surface area contributed by atoms with Crippen molar-refractivity contribution < 1.29 is 4.79 Å². The lowest BCUT2D eigenvalue weighted by Gasteiger charge is -2.03. The number of amides is 1. The second-order valence-corrected chi connectivity index (χ2v) is 5.42. The number of carbonyl (C=O) groups excluding carboxylic acids is 1. The summed E-state index contributed by atoms with van der Waals surface area (Å²) in [6.07, 6.45) is 2.76. The normalized spacial score (nSPS) is 10.7. The molecule has 2 heterocycles. The number of nitrogens with zero attached hydrogens (tertiary/aromatic N) is 3. The van der Waals surface area contributed by atoms with E-state index in [2.05, 4.69) is 27.9 Å². The second kappa shape index (κ2) is 7.76. The van der Waals surface area contributed by atoms with Crippen molar-refractivity contribution in [1.82, 2.24) is 25.6 Å². The summed E-state index contributed by atoms with van der Waals surface area (Å²) in [5, 5.41) is 15.9. The van der Waals surface area contributed by atoms with Gasteiger partial charge in [0.1, 0.15) is 0 Å². The number of carbonyl (C=O) groups is 1. The lowest BCUT2D eigenvalue weighted by atomic mass is 10.4. The van der Waals surface area contributed by atoms with Crippen LogP contribution in [0.4, 0.5) is 0 Å². The first-order valence-electron chi connectivity index (χ1n) is 6.71. The first-order valence-corrected chi connectivity index (χ1v) is 7.59. The average Bonchev–Trinajstić information content (AvgIpc) is 3.10. The molecule has 20 heavy (non-hydrogen) atoms. The van der Waals surface area contributed by atoms with Crippen molar-refractivity contribution in [3.8, 4) is 0 Å². The first kappa shape index (κ1) is 14.7. The van der Waals surface area contributed by atoms with Crippen LogP contribution >= 0.6 is 11.3 Å². The summed E-state index contributed by atoms with van der Waals surface area (Å²) in [6, 6.07) is 4.03. The smallest absolute Gasteiger partial charge is 0.273 e. The number of rotatable bonds is 8. The van der Waals surface area contributed by atoms with Crippen molar-refractivity contribution in [1.29, 1.82) is 0 Å². The maximum Gasteiger partial charge on any atom is 0.273 e. The van der Waals surface area contributed by atoms with Crippen LogP contribution in [0.3, 0.4) is 0 Å². The number of nitrogens with one attached hydrogen (secondary N) is 2. The Bertz CT molecular complexity index is 523. The van der Waals surface area contributed by atoms with E-state index in [0.29, 0.717) is 18.8 Å². The van der Waals surface area contributed by atoms with E-state index >= 15 is 0 Å². The number of aromatic nitrogens is 3. The van der Waals surface area contributed by atoms with Crippen LogP contribution in [0.2, 0.25) is 0 Å². The lowest BCUT2D eigenvalue weighted by molar-refractivity contribution is 0.0949. The van der Waals surface area contributed by atoms with E-state index in [-0.39, 0.29) is 5.91 Å². The lowest BCUT2D eigenvalue weighted by Crippen LogP contribution is -2.32. The molecule has 0 spiro atoms. The highest BCUT2D eigenvalue weighted by Crippen LogP contribution is 2.09. The standard InChI is InChI=1S/C13H19N5OS/c1-2-5-14-6-7-15-13(19)12-10-18(17-16-12)9-11-4-3-8-20-11/h3-4,8,10,14H,2,5-7,9H2,1H3,(H,15,19). The van der Waals surface area contributed by atoms with E-state index in [4.69, 9.17) is 0 Å². The molecular weight excluding hydrogens is 274 g/mol. The monoisotopic (exact) mass is 293 g/mol. The molecule has 2 aromatic heterocycles. The van der Waals surface area contributed by atoms with Crippen molar-refractivity contribution in [3.63, 3.8) is 0 Å². The van der Waals surface area contributed by atoms with Gasteiger partial charge in [0, 0.05) is 18.0 Å².